The van der Waals surface area contributed by atoms with Gasteiger partial charge in [-0.15, -0.1) is 6.58 Å². The first-order chi connectivity index (χ1) is 10.0. The molecular formula is C16H12F3NS. The van der Waals surface area contributed by atoms with E-state index in [0.29, 0.717) is 12.2 Å². The van der Waals surface area contributed by atoms with Crippen LogP contribution in [0.4, 0.5) is 24.5 Å². The van der Waals surface area contributed by atoms with Crippen molar-refractivity contribution >= 4 is 23.1 Å². The van der Waals surface area contributed by atoms with Crippen LogP contribution in [0.15, 0.2) is 64.9 Å². The third kappa shape index (κ3) is 2.53. The van der Waals surface area contributed by atoms with Gasteiger partial charge >= 0.3 is 6.18 Å². The molecule has 0 radical (unpaired) electrons. The van der Waals surface area contributed by atoms with Crippen molar-refractivity contribution in [1.82, 2.24) is 0 Å². The second-order valence-electron chi connectivity index (χ2n) is 4.65. The van der Waals surface area contributed by atoms with Crippen molar-refractivity contribution in [2.75, 3.05) is 11.4 Å². The van der Waals surface area contributed by atoms with Crippen molar-refractivity contribution in [3.8, 4) is 0 Å². The molecular weight excluding hydrogens is 295 g/mol. The van der Waals surface area contributed by atoms with Crippen LogP contribution in [-0.4, -0.2) is 6.54 Å². The van der Waals surface area contributed by atoms with Crippen LogP contribution >= 0.6 is 11.8 Å². The van der Waals surface area contributed by atoms with Gasteiger partial charge in [0.1, 0.15) is 0 Å². The summed E-state index contributed by atoms with van der Waals surface area (Å²) in [5, 5.41) is 0. The van der Waals surface area contributed by atoms with Gasteiger partial charge in [-0.3, -0.25) is 0 Å². The van der Waals surface area contributed by atoms with E-state index in [4.69, 9.17) is 0 Å². The van der Waals surface area contributed by atoms with Gasteiger partial charge in [0.25, 0.3) is 0 Å². The molecule has 1 aliphatic heterocycles. The molecule has 0 N–H and O–H groups in total. The first kappa shape index (κ1) is 14.1. The predicted octanol–water partition coefficient (Wildman–Crippen LogP) is 5.49. The van der Waals surface area contributed by atoms with Crippen LogP contribution in [0.25, 0.3) is 0 Å². The Morgan fingerprint density at radius 2 is 1.76 bits per heavy atom. The van der Waals surface area contributed by atoms with Crippen molar-refractivity contribution in [2.45, 2.75) is 16.0 Å². The monoisotopic (exact) mass is 307 g/mol. The molecule has 3 rings (SSSR count). The molecule has 2 aromatic rings. The van der Waals surface area contributed by atoms with Gasteiger partial charge in [-0.1, -0.05) is 30.0 Å². The quantitative estimate of drug-likeness (QED) is 0.674. The second kappa shape index (κ2) is 5.15. The van der Waals surface area contributed by atoms with E-state index >= 15 is 0 Å². The highest BCUT2D eigenvalue weighted by Gasteiger charge is 2.33. The molecule has 0 aromatic heterocycles. The maximum absolute atomic E-state index is 12.9. The lowest BCUT2D eigenvalue weighted by Gasteiger charge is -2.32. The molecule has 0 atom stereocenters. The van der Waals surface area contributed by atoms with Crippen molar-refractivity contribution in [2.24, 2.45) is 0 Å². The molecule has 0 saturated carbocycles. The van der Waals surface area contributed by atoms with Crippen LogP contribution in [0.2, 0.25) is 0 Å². The minimum atomic E-state index is -4.34. The van der Waals surface area contributed by atoms with Crippen LogP contribution in [0.5, 0.6) is 0 Å². The molecule has 0 spiro atoms. The molecule has 0 unspecified atom stereocenters. The zero-order chi connectivity index (χ0) is 15.0. The van der Waals surface area contributed by atoms with Gasteiger partial charge < -0.3 is 4.90 Å². The summed E-state index contributed by atoms with van der Waals surface area (Å²) in [6.07, 6.45) is -2.65. The summed E-state index contributed by atoms with van der Waals surface area (Å²) in [6.45, 7) is 4.17. The third-order valence-corrected chi connectivity index (χ3v) is 4.39. The molecule has 0 bridgehead atoms. The van der Waals surface area contributed by atoms with Gasteiger partial charge in [-0.05, 0) is 30.3 Å². The zero-order valence-electron chi connectivity index (χ0n) is 11.0. The number of anilines is 2. The van der Waals surface area contributed by atoms with E-state index < -0.39 is 11.7 Å². The number of halogens is 3. The fraction of sp³-hybridized carbons (Fsp3) is 0.125. The first-order valence-corrected chi connectivity index (χ1v) is 7.19. The molecule has 5 heteroatoms. The normalized spacial score (nSPS) is 13.6. The topological polar surface area (TPSA) is 3.24 Å². The number of fused-ring (bicyclic) bond motifs is 2. The van der Waals surface area contributed by atoms with Crippen LogP contribution in [0.3, 0.4) is 0 Å². The number of hydrogen-bond donors (Lipinski definition) is 0. The highest BCUT2D eigenvalue weighted by molar-refractivity contribution is 7.99. The molecule has 1 nitrogen and oxygen atoms in total. The summed E-state index contributed by atoms with van der Waals surface area (Å²) < 4.78 is 38.8. The fourth-order valence-electron chi connectivity index (χ4n) is 2.33. The Bertz CT molecular complexity index is 694. The van der Waals surface area contributed by atoms with E-state index in [1.807, 2.05) is 29.2 Å². The summed E-state index contributed by atoms with van der Waals surface area (Å²) >= 11 is 1.49. The van der Waals surface area contributed by atoms with E-state index in [1.165, 1.54) is 23.9 Å². The summed E-state index contributed by atoms with van der Waals surface area (Å²) in [6, 6.07) is 11.6. The van der Waals surface area contributed by atoms with Gasteiger partial charge in [0.2, 0.25) is 0 Å². The van der Waals surface area contributed by atoms with Crippen molar-refractivity contribution in [3.63, 3.8) is 0 Å². The summed E-state index contributed by atoms with van der Waals surface area (Å²) in [5.74, 6) is 0. The lowest BCUT2D eigenvalue weighted by Crippen LogP contribution is -2.21. The average molecular weight is 307 g/mol. The van der Waals surface area contributed by atoms with Gasteiger partial charge in [0.05, 0.1) is 16.9 Å². The largest absolute Gasteiger partial charge is 0.416 e. The highest BCUT2D eigenvalue weighted by atomic mass is 32.2. The van der Waals surface area contributed by atoms with Gasteiger partial charge in [0, 0.05) is 16.3 Å². The number of para-hydroxylation sites is 1. The standard InChI is InChI=1S/C16H12F3NS/c1-2-9-20-12-5-3-4-6-14(12)21-15-8-7-11(10-13(15)20)16(17,18)19/h2-8,10H,1,9H2. The summed E-state index contributed by atoms with van der Waals surface area (Å²) in [5.41, 5.74) is 0.859. The molecule has 0 saturated heterocycles. The minimum absolute atomic E-state index is 0.464. The number of nitrogens with zero attached hydrogens (tertiary/aromatic N) is 1. The SMILES string of the molecule is C=CCN1c2ccccc2Sc2ccc(C(F)(F)F)cc21. The summed E-state index contributed by atoms with van der Waals surface area (Å²) in [7, 11) is 0. The number of rotatable bonds is 2. The van der Waals surface area contributed by atoms with E-state index in [2.05, 4.69) is 6.58 Å². The smallest absolute Gasteiger partial charge is 0.336 e. The molecule has 0 aliphatic carbocycles. The molecule has 1 heterocycles. The molecule has 0 amide bonds. The zero-order valence-corrected chi connectivity index (χ0v) is 11.8. The Balaban J connectivity index is 2.14. The number of hydrogen-bond acceptors (Lipinski definition) is 2. The lowest BCUT2D eigenvalue weighted by atomic mass is 10.1. The van der Waals surface area contributed by atoms with Gasteiger partial charge in [-0.2, -0.15) is 13.2 Å². The van der Waals surface area contributed by atoms with E-state index in [9.17, 15) is 13.2 Å². The van der Waals surface area contributed by atoms with Gasteiger partial charge in [0.15, 0.2) is 0 Å². The maximum Gasteiger partial charge on any atom is 0.416 e. The van der Waals surface area contributed by atoms with E-state index in [0.717, 1.165) is 21.5 Å². The highest BCUT2D eigenvalue weighted by Crippen LogP contribution is 2.49. The average Bonchev–Trinajstić information content (AvgIpc) is 2.45. The predicted molar refractivity (Wildman–Crippen MR) is 79.2 cm³/mol. The second-order valence-corrected chi connectivity index (χ2v) is 5.73. The lowest BCUT2D eigenvalue weighted by molar-refractivity contribution is -0.137. The third-order valence-electron chi connectivity index (χ3n) is 3.26. The molecule has 1 aliphatic rings. The molecule has 108 valence electrons. The molecule has 21 heavy (non-hydrogen) atoms. The van der Waals surface area contributed by atoms with E-state index in [-0.39, 0.29) is 0 Å². The summed E-state index contributed by atoms with van der Waals surface area (Å²) in [4.78, 5) is 3.72. The Kier molecular flexibility index (Phi) is 3.45. The van der Waals surface area contributed by atoms with Crippen LogP contribution in [0.1, 0.15) is 5.56 Å². The Hall–Kier alpha value is -1.88. The van der Waals surface area contributed by atoms with Crippen LogP contribution in [-0.2, 0) is 6.18 Å². The number of alkyl halides is 3. The number of benzene rings is 2. The van der Waals surface area contributed by atoms with Crippen LogP contribution < -0.4 is 4.90 Å². The fourth-order valence-corrected chi connectivity index (χ4v) is 3.41. The molecule has 0 fully saturated rings. The Labute approximate surface area is 125 Å². The van der Waals surface area contributed by atoms with Crippen molar-refractivity contribution in [1.29, 1.82) is 0 Å². The van der Waals surface area contributed by atoms with Crippen molar-refractivity contribution < 1.29 is 13.2 Å². The van der Waals surface area contributed by atoms with E-state index in [1.54, 1.807) is 6.08 Å². The Morgan fingerprint density at radius 3 is 2.48 bits per heavy atom. The minimum Gasteiger partial charge on any atom is -0.336 e. The van der Waals surface area contributed by atoms with Crippen molar-refractivity contribution in [3.05, 3.63) is 60.7 Å². The van der Waals surface area contributed by atoms with Crippen LogP contribution in [0, 0.1) is 0 Å². The molecule has 2 aromatic carbocycles. The van der Waals surface area contributed by atoms with Gasteiger partial charge in [-0.25, -0.2) is 0 Å². The Morgan fingerprint density at radius 1 is 1.05 bits per heavy atom. The maximum atomic E-state index is 12.9. The first-order valence-electron chi connectivity index (χ1n) is 6.37.